The fourth-order valence-corrected chi connectivity index (χ4v) is 4.28. The summed E-state index contributed by atoms with van der Waals surface area (Å²) in [5, 5.41) is 3.71. The number of halogens is 1. The molecule has 0 aliphatic heterocycles. The van der Waals surface area contributed by atoms with Crippen molar-refractivity contribution in [3.05, 3.63) is 20.8 Å². The smallest absolute Gasteiger partial charge is 0.0701 e. The van der Waals surface area contributed by atoms with E-state index in [0.717, 1.165) is 12.5 Å². The summed E-state index contributed by atoms with van der Waals surface area (Å²) < 4.78 is 1.23. The van der Waals surface area contributed by atoms with E-state index in [1.54, 1.807) is 0 Å². The Morgan fingerprint density at radius 2 is 2.19 bits per heavy atom. The van der Waals surface area contributed by atoms with Crippen LogP contribution in [0.1, 0.15) is 38.5 Å². The first-order valence-corrected chi connectivity index (χ1v) is 7.55. The van der Waals surface area contributed by atoms with E-state index in [-0.39, 0.29) is 0 Å². The van der Waals surface area contributed by atoms with E-state index in [4.69, 9.17) is 0 Å². The topological polar surface area (TPSA) is 12.0 Å². The largest absolute Gasteiger partial charge is 0.309 e. The molecular weight excluding hydrogens is 282 g/mol. The molecule has 3 heteroatoms. The van der Waals surface area contributed by atoms with Gasteiger partial charge in [-0.2, -0.15) is 0 Å². The molecule has 0 spiro atoms. The molecule has 2 atom stereocenters. The summed E-state index contributed by atoms with van der Waals surface area (Å²) in [4.78, 5) is 1.42. The summed E-state index contributed by atoms with van der Waals surface area (Å²) in [6, 6.07) is 5.02. The summed E-state index contributed by atoms with van der Waals surface area (Å²) in [5.41, 5.74) is 0.521. The molecule has 1 aromatic rings. The van der Waals surface area contributed by atoms with Crippen molar-refractivity contribution in [3.8, 4) is 0 Å². The highest BCUT2D eigenvalue weighted by molar-refractivity contribution is 9.11. The van der Waals surface area contributed by atoms with E-state index < -0.39 is 0 Å². The first kappa shape index (κ1) is 12.6. The van der Waals surface area contributed by atoms with Crippen LogP contribution in [0, 0.1) is 11.3 Å². The normalized spacial score (nSPS) is 28.5. The Labute approximate surface area is 111 Å². The van der Waals surface area contributed by atoms with E-state index in [1.807, 2.05) is 11.3 Å². The van der Waals surface area contributed by atoms with Gasteiger partial charge in [-0.3, -0.25) is 0 Å². The van der Waals surface area contributed by atoms with E-state index in [1.165, 1.54) is 21.5 Å². The van der Waals surface area contributed by atoms with Crippen molar-refractivity contribution < 1.29 is 0 Å². The molecule has 2 rings (SSSR count). The first-order chi connectivity index (χ1) is 7.46. The molecule has 1 aliphatic rings. The standard InChI is InChI=1S/C13H20BrNS/c1-9-6-13(2,3)7-11(9)15-8-10-4-5-12(14)16-10/h4-5,9,11,15H,6-8H2,1-3H3. The van der Waals surface area contributed by atoms with Gasteiger partial charge in [0.25, 0.3) is 0 Å². The molecule has 1 N–H and O–H groups in total. The Morgan fingerprint density at radius 3 is 2.69 bits per heavy atom. The van der Waals surface area contributed by atoms with Gasteiger partial charge in [-0.1, -0.05) is 20.8 Å². The van der Waals surface area contributed by atoms with Gasteiger partial charge in [-0.25, -0.2) is 0 Å². The molecular formula is C13H20BrNS. The SMILES string of the molecule is CC1CC(C)(C)CC1NCc1ccc(Br)s1. The zero-order valence-electron chi connectivity index (χ0n) is 10.2. The second-order valence-electron chi connectivity index (χ2n) is 5.74. The predicted octanol–water partition coefficient (Wildman–Crippen LogP) is 4.42. The summed E-state index contributed by atoms with van der Waals surface area (Å²) in [7, 11) is 0. The molecule has 1 saturated carbocycles. The van der Waals surface area contributed by atoms with Crippen molar-refractivity contribution >= 4 is 27.3 Å². The van der Waals surface area contributed by atoms with Gasteiger partial charge >= 0.3 is 0 Å². The van der Waals surface area contributed by atoms with Gasteiger partial charge in [0.15, 0.2) is 0 Å². The lowest BCUT2D eigenvalue weighted by atomic mass is 9.91. The third kappa shape index (κ3) is 3.08. The fourth-order valence-electron chi connectivity index (χ4n) is 2.85. The van der Waals surface area contributed by atoms with Gasteiger partial charge in [0.1, 0.15) is 0 Å². The molecule has 16 heavy (non-hydrogen) atoms. The Hall–Kier alpha value is 0.140. The predicted molar refractivity (Wildman–Crippen MR) is 74.8 cm³/mol. The molecule has 0 saturated heterocycles. The maximum absolute atomic E-state index is 3.71. The Morgan fingerprint density at radius 1 is 1.44 bits per heavy atom. The van der Waals surface area contributed by atoms with Crippen molar-refractivity contribution in [2.45, 2.75) is 46.2 Å². The maximum Gasteiger partial charge on any atom is 0.0701 e. The van der Waals surface area contributed by atoms with Gasteiger partial charge in [-0.05, 0) is 52.2 Å². The highest BCUT2D eigenvalue weighted by atomic mass is 79.9. The van der Waals surface area contributed by atoms with Crippen LogP contribution in [-0.2, 0) is 6.54 Å². The molecule has 1 nitrogen and oxygen atoms in total. The third-order valence-electron chi connectivity index (χ3n) is 3.50. The number of hydrogen-bond donors (Lipinski definition) is 1. The van der Waals surface area contributed by atoms with Crippen molar-refractivity contribution in [1.82, 2.24) is 5.32 Å². The quantitative estimate of drug-likeness (QED) is 0.871. The molecule has 1 fully saturated rings. The second-order valence-corrected chi connectivity index (χ2v) is 8.29. The highest BCUT2D eigenvalue weighted by Crippen LogP contribution is 2.41. The summed E-state index contributed by atoms with van der Waals surface area (Å²) in [6.07, 6.45) is 2.65. The van der Waals surface area contributed by atoms with E-state index in [9.17, 15) is 0 Å². The zero-order valence-corrected chi connectivity index (χ0v) is 12.6. The molecule has 0 amide bonds. The van der Waals surface area contributed by atoms with Gasteiger partial charge < -0.3 is 5.32 Å². The minimum atomic E-state index is 0.521. The number of thiophene rings is 1. The van der Waals surface area contributed by atoms with Gasteiger partial charge in [0.05, 0.1) is 3.79 Å². The molecule has 1 aliphatic carbocycles. The van der Waals surface area contributed by atoms with E-state index >= 15 is 0 Å². The number of nitrogens with one attached hydrogen (secondary N) is 1. The van der Waals surface area contributed by atoms with Gasteiger partial charge in [0, 0.05) is 17.5 Å². The van der Waals surface area contributed by atoms with Crippen LogP contribution in [0.2, 0.25) is 0 Å². The summed E-state index contributed by atoms with van der Waals surface area (Å²) in [5.74, 6) is 0.804. The fraction of sp³-hybridized carbons (Fsp3) is 0.692. The lowest BCUT2D eigenvalue weighted by Crippen LogP contribution is -2.30. The first-order valence-electron chi connectivity index (χ1n) is 5.94. The molecule has 0 radical (unpaired) electrons. The average Bonchev–Trinajstić information content (AvgIpc) is 2.67. The molecule has 0 bridgehead atoms. The third-order valence-corrected chi connectivity index (χ3v) is 5.12. The molecule has 1 heterocycles. The Bertz CT molecular complexity index is 359. The van der Waals surface area contributed by atoms with Crippen LogP contribution in [0.15, 0.2) is 15.9 Å². The Balaban J connectivity index is 1.87. The molecule has 2 unspecified atom stereocenters. The maximum atomic E-state index is 3.71. The summed E-state index contributed by atoms with van der Waals surface area (Å²) in [6.45, 7) is 8.15. The van der Waals surface area contributed by atoms with Crippen LogP contribution in [0.5, 0.6) is 0 Å². The van der Waals surface area contributed by atoms with Crippen LogP contribution in [0.3, 0.4) is 0 Å². The van der Waals surface area contributed by atoms with Crippen LogP contribution >= 0.6 is 27.3 Å². The average molecular weight is 302 g/mol. The van der Waals surface area contributed by atoms with Crippen molar-refractivity contribution in [1.29, 1.82) is 0 Å². The van der Waals surface area contributed by atoms with Crippen molar-refractivity contribution in [3.63, 3.8) is 0 Å². The van der Waals surface area contributed by atoms with Crippen molar-refractivity contribution in [2.75, 3.05) is 0 Å². The van der Waals surface area contributed by atoms with Gasteiger partial charge in [-0.15, -0.1) is 11.3 Å². The van der Waals surface area contributed by atoms with E-state index in [0.29, 0.717) is 11.5 Å². The highest BCUT2D eigenvalue weighted by Gasteiger charge is 2.36. The lowest BCUT2D eigenvalue weighted by molar-refractivity contribution is 0.362. The van der Waals surface area contributed by atoms with Crippen LogP contribution < -0.4 is 5.32 Å². The molecule has 1 aromatic heterocycles. The summed E-state index contributed by atoms with van der Waals surface area (Å²) >= 11 is 5.33. The number of hydrogen-bond acceptors (Lipinski definition) is 2. The minimum Gasteiger partial charge on any atom is -0.309 e. The van der Waals surface area contributed by atoms with Crippen LogP contribution in [0.25, 0.3) is 0 Å². The Kier molecular flexibility index (Phi) is 3.77. The monoisotopic (exact) mass is 301 g/mol. The van der Waals surface area contributed by atoms with Crippen molar-refractivity contribution in [2.24, 2.45) is 11.3 Å². The number of rotatable bonds is 3. The lowest BCUT2D eigenvalue weighted by Gasteiger charge is -2.18. The van der Waals surface area contributed by atoms with Crippen LogP contribution in [0.4, 0.5) is 0 Å². The van der Waals surface area contributed by atoms with E-state index in [2.05, 4.69) is 54.2 Å². The van der Waals surface area contributed by atoms with Crippen LogP contribution in [-0.4, -0.2) is 6.04 Å². The zero-order chi connectivity index (χ0) is 11.8. The minimum absolute atomic E-state index is 0.521. The van der Waals surface area contributed by atoms with Gasteiger partial charge in [0.2, 0.25) is 0 Å². The molecule has 90 valence electrons. The second kappa shape index (κ2) is 4.79. The molecule has 0 aromatic carbocycles.